The third kappa shape index (κ3) is 5.40. The van der Waals surface area contributed by atoms with Crippen LogP contribution in [0.25, 0.3) is 0 Å². The number of nitrogens with one attached hydrogen (secondary N) is 2. The maximum Gasteiger partial charge on any atom is 0.251 e. The second-order valence-electron chi connectivity index (χ2n) is 7.14. The minimum Gasteiger partial charge on any atom is -0.497 e. The summed E-state index contributed by atoms with van der Waals surface area (Å²) in [6, 6.07) is 12.7. The summed E-state index contributed by atoms with van der Waals surface area (Å²) in [5.74, 6) is 1.65. The van der Waals surface area contributed by atoms with Crippen molar-refractivity contribution >= 4 is 23.2 Å². The number of benzene rings is 2. The molecule has 2 aromatic carbocycles. The Labute approximate surface area is 171 Å². The van der Waals surface area contributed by atoms with Crippen molar-refractivity contribution in [3.63, 3.8) is 0 Å². The molecule has 0 aromatic heterocycles. The van der Waals surface area contributed by atoms with Crippen molar-refractivity contribution in [2.24, 2.45) is 5.92 Å². The standard InChI is InChI=1S/C22H27N3O4/c1-15(26)24-18-6-4-17(5-7-18)22(27)23-13-16-8-9-25(14-16)19-10-20(28-2)12-21(11-19)29-3/h4-7,10-12,16H,8-9,13-14H2,1-3H3,(H,23,27)(H,24,26). The van der Waals surface area contributed by atoms with Gasteiger partial charge in [0.05, 0.1) is 14.2 Å². The number of carbonyl (C=O) groups is 2. The van der Waals surface area contributed by atoms with E-state index in [1.165, 1.54) is 6.92 Å². The van der Waals surface area contributed by atoms with Crippen LogP contribution in [0.2, 0.25) is 0 Å². The Kier molecular flexibility index (Phi) is 6.59. The van der Waals surface area contributed by atoms with E-state index in [1.54, 1.807) is 38.5 Å². The number of hydrogen-bond acceptors (Lipinski definition) is 5. The Morgan fingerprint density at radius 3 is 2.31 bits per heavy atom. The van der Waals surface area contributed by atoms with Crippen molar-refractivity contribution in [3.05, 3.63) is 48.0 Å². The predicted molar refractivity (Wildman–Crippen MR) is 113 cm³/mol. The molecule has 7 nitrogen and oxygen atoms in total. The zero-order chi connectivity index (χ0) is 20.8. The summed E-state index contributed by atoms with van der Waals surface area (Å²) in [6.07, 6.45) is 1.00. The van der Waals surface area contributed by atoms with Crippen LogP contribution in [0.4, 0.5) is 11.4 Å². The smallest absolute Gasteiger partial charge is 0.251 e. The van der Waals surface area contributed by atoms with Crippen LogP contribution < -0.4 is 25.0 Å². The number of anilines is 2. The molecule has 2 amide bonds. The highest BCUT2D eigenvalue weighted by Crippen LogP contribution is 2.31. The maximum absolute atomic E-state index is 12.4. The second kappa shape index (κ2) is 9.32. The van der Waals surface area contributed by atoms with Gasteiger partial charge in [0.15, 0.2) is 0 Å². The summed E-state index contributed by atoms with van der Waals surface area (Å²) < 4.78 is 10.7. The molecule has 29 heavy (non-hydrogen) atoms. The molecule has 7 heteroatoms. The van der Waals surface area contributed by atoms with Gasteiger partial charge in [-0.1, -0.05) is 0 Å². The van der Waals surface area contributed by atoms with Gasteiger partial charge >= 0.3 is 0 Å². The Bertz CT molecular complexity index is 845. The van der Waals surface area contributed by atoms with E-state index >= 15 is 0 Å². The molecular weight excluding hydrogens is 370 g/mol. The third-order valence-electron chi connectivity index (χ3n) is 5.01. The number of methoxy groups -OCH3 is 2. The highest BCUT2D eigenvalue weighted by Gasteiger charge is 2.24. The summed E-state index contributed by atoms with van der Waals surface area (Å²) in [6.45, 7) is 3.84. The Morgan fingerprint density at radius 1 is 1.07 bits per heavy atom. The summed E-state index contributed by atoms with van der Waals surface area (Å²) in [7, 11) is 3.28. The van der Waals surface area contributed by atoms with Crippen LogP contribution in [-0.2, 0) is 4.79 Å². The SMILES string of the molecule is COc1cc(OC)cc(N2CCC(CNC(=O)c3ccc(NC(C)=O)cc3)C2)c1. The van der Waals surface area contributed by atoms with Gasteiger partial charge in [-0.05, 0) is 36.6 Å². The fourth-order valence-electron chi connectivity index (χ4n) is 3.46. The van der Waals surface area contributed by atoms with Gasteiger partial charge in [-0.25, -0.2) is 0 Å². The van der Waals surface area contributed by atoms with Gasteiger partial charge < -0.3 is 25.0 Å². The lowest BCUT2D eigenvalue weighted by atomic mass is 10.1. The third-order valence-corrected chi connectivity index (χ3v) is 5.01. The quantitative estimate of drug-likeness (QED) is 0.751. The first kappa shape index (κ1) is 20.5. The number of ether oxygens (including phenoxy) is 2. The molecule has 3 rings (SSSR count). The molecule has 1 aliphatic rings. The highest BCUT2D eigenvalue weighted by atomic mass is 16.5. The van der Waals surface area contributed by atoms with E-state index in [0.717, 1.165) is 36.7 Å². The lowest BCUT2D eigenvalue weighted by Gasteiger charge is -2.20. The monoisotopic (exact) mass is 397 g/mol. The van der Waals surface area contributed by atoms with Crippen LogP contribution in [-0.4, -0.2) is 45.7 Å². The van der Waals surface area contributed by atoms with Crippen LogP contribution in [0.1, 0.15) is 23.7 Å². The summed E-state index contributed by atoms with van der Waals surface area (Å²) in [5, 5.41) is 5.71. The van der Waals surface area contributed by atoms with Gasteiger partial charge in [0.2, 0.25) is 5.91 Å². The van der Waals surface area contributed by atoms with Crippen molar-refractivity contribution in [3.8, 4) is 11.5 Å². The first-order valence-electron chi connectivity index (χ1n) is 9.62. The molecule has 2 aromatic rings. The van der Waals surface area contributed by atoms with Gasteiger partial charge in [0.1, 0.15) is 11.5 Å². The normalized spacial score (nSPS) is 15.7. The maximum atomic E-state index is 12.4. The predicted octanol–water partition coefficient (Wildman–Crippen LogP) is 2.92. The molecule has 0 bridgehead atoms. The minimum atomic E-state index is -0.137. The fourth-order valence-corrected chi connectivity index (χ4v) is 3.46. The minimum absolute atomic E-state index is 0.110. The van der Waals surface area contributed by atoms with Crippen molar-refractivity contribution in [2.75, 3.05) is 44.1 Å². The summed E-state index contributed by atoms with van der Waals surface area (Å²) in [4.78, 5) is 25.8. The van der Waals surface area contributed by atoms with Crippen LogP contribution >= 0.6 is 0 Å². The zero-order valence-electron chi connectivity index (χ0n) is 17.0. The average Bonchev–Trinajstić information content (AvgIpc) is 3.21. The molecule has 154 valence electrons. The van der Waals surface area contributed by atoms with Crippen LogP contribution in [0.15, 0.2) is 42.5 Å². The zero-order valence-corrected chi connectivity index (χ0v) is 17.0. The Hall–Kier alpha value is -3.22. The van der Waals surface area contributed by atoms with E-state index in [-0.39, 0.29) is 11.8 Å². The first-order valence-corrected chi connectivity index (χ1v) is 9.62. The first-order chi connectivity index (χ1) is 14.0. The molecule has 2 N–H and O–H groups in total. The van der Waals surface area contributed by atoms with E-state index in [0.29, 0.717) is 23.7 Å². The molecule has 0 aliphatic carbocycles. The van der Waals surface area contributed by atoms with Crippen LogP contribution in [0.5, 0.6) is 11.5 Å². The van der Waals surface area contributed by atoms with E-state index in [9.17, 15) is 9.59 Å². The summed E-state index contributed by atoms with van der Waals surface area (Å²) in [5.41, 5.74) is 2.31. The molecule has 1 heterocycles. The Morgan fingerprint density at radius 2 is 1.72 bits per heavy atom. The molecule has 0 spiro atoms. The average molecular weight is 397 g/mol. The van der Waals surface area contributed by atoms with Crippen LogP contribution in [0, 0.1) is 5.92 Å². The van der Waals surface area contributed by atoms with Gasteiger partial charge in [-0.15, -0.1) is 0 Å². The van der Waals surface area contributed by atoms with Crippen molar-refractivity contribution < 1.29 is 19.1 Å². The molecule has 1 saturated heterocycles. The van der Waals surface area contributed by atoms with E-state index < -0.39 is 0 Å². The topological polar surface area (TPSA) is 79.9 Å². The van der Waals surface area contributed by atoms with Crippen molar-refractivity contribution in [1.29, 1.82) is 0 Å². The lowest BCUT2D eigenvalue weighted by Crippen LogP contribution is -2.31. The van der Waals surface area contributed by atoms with E-state index in [4.69, 9.17) is 9.47 Å². The molecule has 1 unspecified atom stereocenters. The number of hydrogen-bond donors (Lipinski definition) is 2. The number of nitrogens with zero attached hydrogens (tertiary/aromatic N) is 1. The second-order valence-corrected chi connectivity index (χ2v) is 7.14. The molecule has 0 saturated carbocycles. The van der Waals surface area contributed by atoms with Gasteiger partial charge in [0, 0.05) is 61.7 Å². The van der Waals surface area contributed by atoms with Crippen molar-refractivity contribution in [2.45, 2.75) is 13.3 Å². The van der Waals surface area contributed by atoms with Gasteiger partial charge in [-0.3, -0.25) is 9.59 Å². The molecule has 1 atom stereocenters. The number of carbonyl (C=O) groups excluding carboxylic acids is 2. The van der Waals surface area contributed by atoms with Gasteiger partial charge in [-0.2, -0.15) is 0 Å². The lowest BCUT2D eigenvalue weighted by molar-refractivity contribution is -0.114. The molecule has 1 fully saturated rings. The Balaban J connectivity index is 1.54. The fraction of sp³-hybridized carbons (Fsp3) is 0.364. The molecular formula is C22H27N3O4. The summed E-state index contributed by atoms with van der Waals surface area (Å²) >= 11 is 0. The molecule has 1 aliphatic heterocycles. The van der Waals surface area contributed by atoms with E-state index in [2.05, 4.69) is 15.5 Å². The van der Waals surface area contributed by atoms with Gasteiger partial charge in [0.25, 0.3) is 5.91 Å². The number of amides is 2. The van der Waals surface area contributed by atoms with E-state index in [1.807, 2.05) is 18.2 Å². The van der Waals surface area contributed by atoms with Crippen molar-refractivity contribution in [1.82, 2.24) is 5.32 Å². The molecule has 0 radical (unpaired) electrons. The highest BCUT2D eigenvalue weighted by molar-refractivity contribution is 5.95. The van der Waals surface area contributed by atoms with Crippen LogP contribution in [0.3, 0.4) is 0 Å². The number of rotatable bonds is 7. The largest absolute Gasteiger partial charge is 0.497 e.